The van der Waals surface area contributed by atoms with Crippen molar-refractivity contribution < 1.29 is 14.3 Å². The molecule has 3 heteroatoms. The molecule has 0 amide bonds. The minimum absolute atomic E-state index is 0.403. The van der Waals surface area contributed by atoms with Gasteiger partial charge in [0.1, 0.15) is 0 Å². The molecule has 0 aromatic heterocycles. The lowest BCUT2D eigenvalue weighted by atomic mass is 9.99. The Kier molecular flexibility index (Phi) is 4.21. The zero-order chi connectivity index (χ0) is 19.0. The minimum atomic E-state index is -0.629. The van der Waals surface area contributed by atoms with E-state index in [0.29, 0.717) is 11.1 Å². The van der Waals surface area contributed by atoms with Gasteiger partial charge in [-0.25, -0.2) is 9.59 Å². The van der Waals surface area contributed by atoms with Crippen LogP contribution in [0.1, 0.15) is 31.8 Å². The summed E-state index contributed by atoms with van der Waals surface area (Å²) < 4.78 is 5.20. The zero-order valence-corrected chi connectivity index (χ0v) is 15.2. The van der Waals surface area contributed by atoms with Crippen LogP contribution in [0.15, 0.2) is 72.8 Å². The molecule has 4 aromatic carbocycles. The number of esters is 2. The maximum atomic E-state index is 12.6. The lowest BCUT2D eigenvalue weighted by Crippen LogP contribution is -2.15. The predicted molar refractivity (Wildman–Crippen MR) is 107 cm³/mol. The first-order valence-electron chi connectivity index (χ1n) is 8.79. The smallest absolute Gasteiger partial charge is 0.346 e. The van der Waals surface area contributed by atoms with E-state index >= 15 is 0 Å². The van der Waals surface area contributed by atoms with Crippen LogP contribution in [0.25, 0.3) is 21.5 Å². The highest BCUT2D eigenvalue weighted by atomic mass is 16.6. The number of carbonyl (C=O) groups excluding carboxylic acids is 2. The van der Waals surface area contributed by atoms with Gasteiger partial charge in [0, 0.05) is 0 Å². The second-order valence-corrected chi connectivity index (χ2v) is 6.60. The topological polar surface area (TPSA) is 43.4 Å². The zero-order valence-electron chi connectivity index (χ0n) is 15.2. The third kappa shape index (κ3) is 2.97. The van der Waals surface area contributed by atoms with Crippen LogP contribution in [0.5, 0.6) is 0 Å². The van der Waals surface area contributed by atoms with Crippen LogP contribution in [-0.2, 0) is 4.74 Å². The average molecular weight is 354 g/mol. The van der Waals surface area contributed by atoms with Gasteiger partial charge in [0.2, 0.25) is 0 Å². The fourth-order valence-electron chi connectivity index (χ4n) is 3.49. The quantitative estimate of drug-likeness (QED) is 0.347. The summed E-state index contributed by atoms with van der Waals surface area (Å²) in [5.41, 5.74) is 2.42. The summed E-state index contributed by atoms with van der Waals surface area (Å²) in [7, 11) is 0. The Morgan fingerprint density at radius 1 is 0.593 bits per heavy atom. The molecule has 4 aromatic rings. The van der Waals surface area contributed by atoms with E-state index in [-0.39, 0.29) is 0 Å². The van der Waals surface area contributed by atoms with Gasteiger partial charge in [0.05, 0.1) is 11.1 Å². The molecular formula is C24H18O3. The summed E-state index contributed by atoms with van der Waals surface area (Å²) in [6.45, 7) is 3.73. The lowest BCUT2D eigenvalue weighted by molar-refractivity contribution is 0.0397. The second kappa shape index (κ2) is 6.69. The van der Waals surface area contributed by atoms with E-state index in [1.165, 1.54) is 0 Å². The van der Waals surface area contributed by atoms with Crippen molar-refractivity contribution in [2.45, 2.75) is 13.8 Å². The van der Waals surface area contributed by atoms with Crippen molar-refractivity contribution >= 4 is 33.5 Å². The number of ether oxygens (including phenoxy) is 1. The van der Waals surface area contributed by atoms with Crippen LogP contribution in [0.2, 0.25) is 0 Å². The van der Waals surface area contributed by atoms with E-state index in [9.17, 15) is 9.59 Å². The molecule has 27 heavy (non-hydrogen) atoms. The molecule has 0 spiro atoms. The highest BCUT2D eigenvalue weighted by molar-refractivity contribution is 6.07. The molecule has 132 valence electrons. The fourth-order valence-corrected chi connectivity index (χ4v) is 3.49. The third-order valence-electron chi connectivity index (χ3n) is 5.02. The van der Waals surface area contributed by atoms with Gasteiger partial charge in [0.15, 0.2) is 0 Å². The molecule has 0 radical (unpaired) electrons. The first kappa shape index (κ1) is 17.0. The van der Waals surface area contributed by atoms with Gasteiger partial charge in [-0.2, -0.15) is 0 Å². The molecular weight excluding hydrogens is 336 g/mol. The van der Waals surface area contributed by atoms with Gasteiger partial charge >= 0.3 is 11.9 Å². The predicted octanol–water partition coefficient (Wildman–Crippen LogP) is 5.61. The summed E-state index contributed by atoms with van der Waals surface area (Å²) in [6, 6.07) is 22.8. The van der Waals surface area contributed by atoms with Crippen LogP contribution in [0.3, 0.4) is 0 Å². The van der Waals surface area contributed by atoms with E-state index in [0.717, 1.165) is 32.7 Å². The largest absolute Gasteiger partial charge is 0.386 e. The van der Waals surface area contributed by atoms with Gasteiger partial charge in [0.25, 0.3) is 0 Å². The minimum Gasteiger partial charge on any atom is -0.386 e. The van der Waals surface area contributed by atoms with Crippen molar-refractivity contribution in [1.29, 1.82) is 0 Å². The Bertz CT molecular complexity index is 1110. The standard InChI is InChI=1S/C24H18O3/c1-15-19-9-5-3-7-17(19)11-13-21(15)23(25)27-24(26)22-14-12-18-8-4-6-10-20(18)16(22)2/h3-14H,1-2H3. The molecule has 0 atom stereocenters. The Morgan fingerprint density at radius 2 is 1.00 bits per heavy atom. The SMILES string of the molecule is Cc1c(C(=O)OC(=O)c2ccc3ccccc3c2C)ccc2ccccc12. The van der Waals surface area contributed by atoms with Gasteiger partial charge in [-0.05, 0) is 58.7 Å². The maximum absolute atomic E-state index is 12.6. The fraction of sp³-hybridized carbons (Fsp3) is 0.0833. The Labute approximate surface area is 157 Å². The Hall–Kier alpha value is -3.46. The van der Waals surface area contributed by atoms with Crippen LogP contribution >= 0.6 is 0 Å². The molecule has 0 saturated heterocycles. The van der Waals surface area contributed by atoms with Crippen molar-refractivity contribution in [3.63, 3.8) is 0 Å². The summed E-state index contributed by atoms with van der Waals surface area (Å²) in [6.07, 6.45) is 0. The lowest BCUT2D eigenvalue weighted by Gasteiger charge is -2.11. The molecule has 4 rings (SSSR count). The van der Waals surface area contributed by atoms with E-state index in [1.54, 1.807) is 12.1 Å². The number of hydrogen-bond donors (Lipinski definition) is 0. The number of hydrogen-bond acceptors (Lipinski definition) is 3. The molecule has 0 unspecified atom stereocenters. The first-order valence-corrected chi connectivity index (χ1v) is 8.79. The number of aryl methyl sites for hydroxylation is 2. The van der Waals surface area contributed by atoms with Crippen molar-refractivity contribution in [3.05, 3.63) is 95.1 Å². The second-order valence-electron chi connectivity index (χ2n) is 6.60. The molecule has 0 aliphatic heterocycles. The van der Waals surface area contributed by atoms with E-state index in [2.05, 4.69) is 0 Å². The first-order chi connectivity index (χ1) is 13.1. The molecule has 0 N–H and O–H groups in total. The summed E-state index contributed by atoms with van der Waals surface area (Å²) in [4.78, 5) is 25.2. The van der Waals surface area contributed by atoms with Crippen LogP contribution in [0.4, 0.5) is 0 Å². The maximum Gasteiger partial charge on any atom is 0.346 e. The van der Waals surface area contributed by atoms with Crippen LogP contribution in [0, 0.1) is 13.8 Å². The number of carbonyl (C=O) groups is 2. The summed E-state index contributed by atoms with van der Waals surface area (Å²) >= 11 is 0. The highest BCUT2D eigenvalue weighted by Gasteiger charge is 2.20. The van der Waals surface area contributed by atoms with E-state index in [4.69, 9.17) is 4.74 Å². The number of fused-ring (bicyclic) bond motifs is 2. The van der Waals surface area contributed by atoms with E-state index in [1.807, 2.05) is 74.5 Å². The molecule has 0 saturated carbocycles. The molecule has 0 bridgehead atoms. The van der Waals surface area contributed by atoms with Crippen LogP contribution < -0.4 is 0 Å². The van der Waals surface area contributed by atoms with Gasteiger partial charge in [-0.15, -0.1) is 0 Å². The van der Waals surface area contributed by atoms with Crippen LogP contribution in [-0.4, -0.2) is 11.9 Å². The van der Waals surface area contributed by atoms with Crippen molar-refractivity contribution in [2.24, 2.45) is 0 Å². The molecule has 0 aliphatic rings. The van der Waals surface area contributed by atoms with Crippen molar-refractivity contribution in [3.8, 4) is 0 Å². The summed E-state index contributed by atoms with van der Waals surface area (Å²) in [5, 5.41) is 4.04. The molecule has 0 fully saturated rings. The average Bonchev–Trinajstić information content (AvgIpc) is 2.68. The number of rotatable bonds is 2. The monoisotopic (exact) mass is 354 g/mol. The third-order valence-corrected chi connectivity index (χ3v) is 5.02. The van der Waals surface area contributed by atoms with E-state index < -0.39 is 11.9 Å². The summed E-state index contributed by atoms with van der Waals surface area (Å²) in [5.74, 6) is -1.26. The Balaban J connectivity index is 1.66. The van der Waals surface area contributed by atoms with Crippen molar-refractivity contribution in [1.82, 2.24) is 0 Å². The number of benzene rings is 4. The highest BCUT2D eigenvalue weighted by Crippen LogP contribution is 2.25. The van der Waals surface area contributed by atoms with Gasteiger partial charge in [-0.3, -0.25) is 0 Å². The van der Waals surface area contributed by atoms with Crippen molar-refractivity contribution in [2.75, 3.05) is 0 Å². The van der Waals surface area contributed by atoms with Gasteiger partial charge in [-0.1, -0.05) is 60.7 Å². The Morgan fingerprint density at radius 3 is 1.44 bits per heavy atom. The normalized spacial score (nSPS) is 10.9. The molecule has 0 heterocycles. The molecule has 3 nitrogen and oxygen atoms in total. The van der Waals surface area contributed by atoms with Gasteiger partial charge < -0.3 is 4.74 Å². The molecule has 0 aliphatic carbocycles.